The van der Waals surface area contributed by atoms with Crippen molar-refractivity contribution in [3.8, 4) is 0 Å². The fourth-order valence-corrected chi connectivity index (χ4v) is 6.43. The molecule has 2 amide bonds. The summed E-state index contributed by atoms with van der Waals surface area (Å²) in [5.74, 6) is -0.162. The van der Waals surface area contributed by atoms with Crippen molar-refractivity contribution in [3.63, 3.8) is 0 Å². The number of halogens is 2. The molecule has 4 rings (SSSR count). The van der Waals surface area contributed by atoms with E-state index in [0.717, 1.165) is 34.9 Å². The predicted molar refractivity (Wildman–Crippen MR) is 146 cm³/mol. The fraction of sp³-hybridized carbons (Fsp3) is 0.333. The van der Waals surface area contributed by atoms with Crippen molar-refractivity contribution in [1.29, 1.82) is 0 Å². The molecule has 1 heterocycles. The topological polar surface area (TPSA) is 52.7 Å². The van der Waals surface area contributed by atoms with Crippen LogP contribution in [0.25, 0.3) is 10.8 Å². The van der Waals surface area contributed by atoms with Crippen LogP contribution in [-0.4, -0.2) is 54.0 Å². The molecule has 0 saturated carbocycles. The zero-order valence-corrected chi connectivity index (χ0v) is 22.2. The highest BCUT2D eigenvalue weighted by Crippen LogP contribution is 2.46. The van der Waals surface area contributed by atoms with Crippen LogP contribution in [0.1, 0.15) is 29.3 Å². The van der Waals surface area contributed by atoms with Crippen LogP contribution >= 0.6 is 35.0 Å². The zero-order chi connectivity index (χ0) is 24.9. The molecule has 0 bridgehead atoms. The highest BCUT2D eigenvalue weighted by Gasteiger charge is 2.42. The Morgan fingerprint density at radius 3 is 2.63 bits per heavy atom. The Balaban J connectivity index is 1.45. The molecule has 1 aliphatic heterocycles. The summed E-state index contributed by atoms with van der Waals surface area (Å²) in [6.07, 6.45) is 0.959. The SMILES string of the molecule is CN(C)CCCN1C(=O)[C@@H](CC(=O)NCc2cccc3ccccc23)S[C@@H]1c1ccc(Cl)cc1Cl. The molecule has 0 aliphatic carbocycles. The lowest BCUT2D eigenvalue weighted by atomic mass is 10.0. The Morgan fingerprint density at radius 2 is 1.86 bits per heavy atom. The highest BCUT2D eigenvalue weighted by atomic mass is 35.5. The molecule has 0 spiro atoms. The van der Waals surface area contributed by atoms with Crippen molar-refractivity contribution in [2.24, 2.45) is 0 Å². The first-order chi connectivity index (χ1) is 16.8. The van der Waals surface area contributed by atoms with Crippen LogP contribution < -0.4 is 5.32 Å². The van der Waals surface area contributed by atoms with Gasteiger partial charge in [0, 0.05) is 35.1 Å². The number of hydrogen-bond donors (Lipinski definition) is 1. The van der Waals surface area contributed by atoms with Crippen LogP contribution in [0.5, 0.6) is 0 Å². The predicted octanol–water partition coefficient (Wildman–Crippen LogP) is 5.75. The van der Waals surface area contributed by atoms with Crippen LogP contribution in [0.4, 0.5) is 0 Å². The average molecular weight is 531 g/mol. The van der Waals surface area contributed by atoms with Gasteiger partial charge in [0.25, 0.3) is 0 Å². The molecule has 2 atom stereocenters. The number of carbonyl (C=O) groups is 2. The summed E-state index contributed by atoms with van der Waals surface area (Å²) in [6, 6.07) is 19.5. The highest BCUT2D eigenvalue weighted by molar-refractivity contribution is 8.01. The van der Waals surface area contributed by atoms with E-state index in [-0.39, 0.29) is 23.6 Å². The van der Waals surface area contributed by atoms with E-state index in [1.807, 2.05) is 49.3 Å². The first-order valence-corrected chi connectivity index (χ1v) is 13.3. The lowest BCUT2D eigenvalue weighted by Crippen LogP contribution is -2.35. The van der Waals surface area contributed by atoms with Gasteiger partial charge in [-0.2, -0.15) is 0 Å². The van der Waals surface area contributed by atoms with Gasteiger partial charge in [0.05, 0.1) is 5.25 Å². The molecular formula is C27H29Cl2N3O2S. The smallest absolute Gasteiger partial charge is 0.237 e. The van der Waals surface area contributed by atoms with E-state index in [1.165, 1.54) is 11.8 Å². The van der Waals surface area contributed by atoms with Crippen molar-refractivity contribution in [1.82, 2.24) is 15.1 Å². The number of nitrogens with one attached hydrogen (secondary N) is 1. The van der Waals surface area contributed by atoms with E-state index in [2.05, 4.69) is 28.4 Å². The number of hydrogen-bond acceptors (Lipinski definition) is 4. The van der Waals surface area contributed by atoms with Gasteiger partial charge in [-0.15, -0.1) is 11.8 Å². The summed E-state index contributed by atoms with van der Waals surface area (Å²) in [5, 5.41) is 5.64. The van der Waals surface area contributed by atoms with Gasteiger partial charge in [-0.3, -0.25) is 9.59 Å². The van der Waals surface area contributed by atoms with Gasteiger partial charge in [0.2, 0.25) is 11.8 Å². The van der Waals surface area contributed by atoms with Crippen molar-refractivity contribution < 1.29 is 9.59 Å². The number of amides is 2. The van der Waals surface area contributed by atoms with Gasteiger partial charge in [-0.1, -0.05) is 71.7 Å². The summed E-state index contributed by atoms with van der Waals surface area (Å²) in [7, 11) is 4.02. The average Bonchev–Trinajstić information content (AvgIpc) is 3.12. The molecule has 184 valence electrons. The van der Waals surface area contributed by atoms with Gasteiger partial charge in [-0.25, -0.2) is 0 Å². The molecule has 3 aromatic rings. The molecule has 1 aliphatic rings. The largest absolute Gasteiger partial charge is 0.352 e. The number of thioether (sulfide) groups is 1. The van der Waals surface area contributed by atoms with Gasteiger partial charge in [0.1, 0.15) is 5.37 Å². The molecule has 3 aromatic carbocycles. The zero-order valence-electron chi connectivity index (χ0n) is 19.8. The van der Waals surface area contributed by atoms with Crippen LogP contribution in [0.2, 0.25) is 10.0 Å². The minimum Gasteiger partial charge on any atom is -0.352 e. The Kier molecular flexibility index (Phi) is 8.60. The quantitative estimate of drug-likeness (QED) is 0.383. The number of benzene rings is 3. The van der Waals surface area contributed by atoms with Crippen molar-refractivity contribution >= 4 is 57.6 Å². The van der Waals surface area contributed by atoms with E-state index < -0.39 is 5.25 Å². The van der Waals surface area contributed by atoms with Crippen LogP contribution in [0.15, 0.2) is 60.7 Å². The molecule has 8 heteroatoms. The number of nitrogens with zero attached hydrogens (tertiary/aromatic N) is 2. The van der Waals surface area contributed by atoms with Crippen molar-refractivity contribution in [2.45, 2.75) is 30.0 Å². The molecular weight excluding hydrogens is 501 g/mol. The summed E-state index contributed by atoms with van der Waals surface area (Å²) in [4.78, 5) is 30.2. The maximum absolute atomic E-state index is 13.4. The molecule has 5 nitrogen and oxygen atoms in total. The van der Waals surface area contributed by atoms with Crippen molar-refractivity contribution in [2.75, 3.05) is 27.2 Å². The maximum atomic E-state index is 13.4. The maximum Gasteiger partial charge on any atom is 0.237 e. The van der Waals surface area contributed by atoms with Gasteiger partial charge in [-0.05, 0) is 55.5 Å². The minimum atomic E-state index is -0.460. The second kappa shape index (κ2) is 11.7. The standard InChI is InChI=1S/C27H29Cl2N3O2S/c1-31(2)13-6-14-32-26(34)24(35-27(32)22-12-11-20(28)15-23(22)29)16-25(33)30-17-19-9-5-8-18-7-3-4-10-21(18)19/h3-5,7-12,15,24,27H,6,13-14,16-17H2,1-2H3,(H,30,33)/t24-,27-/m1/s1. The lowest BCUT2D eigenvalue weighted by Gasteiger charge is -2.25. The van der Waals surface area contributed by atoms with Gasteiger partial charge in [0.15, 0.2) is 0 Å². The summed E-state index contributed by atoms with van der Waals surface area (Å²) in [6.45, 7) is 1.89. The van der Waals surface area contributed by atoms with E-state index in [4.69, 9.17) is 23.2 Å². The monoisotopic (exact) mass is 529 g/mol. The van der Waals surface area contributed by atoms with E-state index in [0.29, 0.717) is 23.1 Å². The second-order valence-electron chi connectivity index (χ2n) is 8.95. The van der Waals surface area contributed by atoms with E-state index in [9.17, 15) is 9.59 Å². The lowest BCUT2D eigenvalue weighted by molar-refractivity contribution is -0.132. The third-order valence-corrected chi connectivity index (χ3v) is 8.12. The first-order valence-electron chi connectivity index (χ1n) is 11.6. The molecule has 0 aromatic heterocycles. The van der Waals surface area contributed by atoms with Crippen LogP contribution in [0.3, 0.4) is 0 Å². The molecule has 1 N–H and O–H groups in total. The third-order valence-electron chi connectivity index (χ3n) is 6.09. The number of fused-ring (bicyclic) bond motifs is 1. The second-order valence-corrected chi connectivity index (χ2v) is 11.1. The van der Waals surface area contributed by atoms with E-state index in [1.54, 1.807) is 12.1 Å². The Labute approximate surface area is 220 Å². The Bertz CT molecular complexity index is 1210. The molecule has 35 heavy (non-hydrogen) atoms. The van der Waals surface area contributed by atoms with Crippen LogP contribution in [0, 0.1) is 0 Å². The Morgan fingerprint density at radius 1 is 1.09 bits per heavy atom. The Hall–Kier alpha value is -2.25. The number of carbonyl (C=O) groups excluding carboxylic acids is 2. The molecule has 0 unspecified atom stereocenters. The molecule has 1 fully saturated rings. The first kappa shape index (κ1) is 25.8. The van der Waals surface area contributed by atoms with Crippen LogP contribution in [-0.2, 0) is 16.1 Å². The minimum absolute atomic E-state index is 0.0231. The molecule has 1 saturated heterocycles. The van der Waals surface area contributed by atoms with Crippen molar-refractivity contribution in [3.05, 3.63) is 81.8 Å². The number of rotatable bonds is 9. The molecule has 0 radical (unpaired) electrons. The summed E-state index contributed by atoms with van der Waals surface area (Å²) in [5.41, 5.74) is 1.90. The normalized spacial score (nSPS) is 18.0. The van der Waals surface area contributed by atoms with Gasteiger partial charge < -0.3 is 15.1 Å². The van der Waals surface area contributed by atoms with E-state index >= 15 is 0 Å². The third kappa shape index (κ3) is 6.31. The fourth-order valence-electron chi connectivity index (χ4n) is 4.33. The summed E-state index contributed by atoms with van der Waals surface area (Å²) < 4.78 is 0. The summed E-state index contributed by atoms with van der Waals surface area (Å²) >= 11 is 14.1. The van der Waals surface area contributed by atoms with Gasteiger partial charge >= 0.3 is 0 Å².